The van der Waals surface area contributed by atoms with Crippen molar-refractivity contribution >= 4 is 12.4 Å². The lowest BCUT2D eigenvalue weighted by atomic mass is 10.00. The molecule has 90 valence electrons. The molecule has 0 aliphatic carbocycles. The van der Waals surface area contributed by atoms with Crippen LogP contribution in [0.5, 0.6) is 0 Å². The maximum absolute atomic E-state index is 4.10. The van der Waals surface area contributed by atoms with Gasteiger partial charge in [0.2, 0.25) is 0 Å². The number of piperidine rings is 1. The molecule has 1 aliphatic heterocycles. The van der Waals surface area contributed by atoms with Crippen LogP contribution in [-0.2, 0) is 6.54 Å². The summed E-state index contributed by atoms with van der Waals surface area (Å²) in [4.78, 5) is 4.10. The van der Waals surface area contributed by atoms with E-state index in [4.69, 9.17) is 0 Å². The summed E-state index contributed by atoms with van der Waals surface area (Å²) in [5.74, 6) is 0.801. The Labute approximate surface area is 103 Å². The van der Waals surface area contributed by atoms with E-state index in [1.165, 1.54) is 31.5 Å². The minimum Gasteiger partial charge on any atom is -0.316 e. The predicted octanol–water partition coefficient (Wildman–Crippen LogP) is 1.59. The summed E-state index contributed by atoms with van der Waals surface area (Å²) in [6.07, 6.45) is 6.41. The van der Waals surface area contributed by atoms with E-state index in [0.717, 1.165) is 19.0 Å². The van der Waals surface area contributed by atoms with Crippen LogP contribution in [-0.4, -0.2) is 24.6 Å². The van der Waals surface area contributed by atoms with E-state index in [9.17, 15) is 0 Å². The first-order valence-corrected chi connectivity index (χ1v) is 5.75. The zero-order valence-electron chi connectivity index (χ0n) is 9.48. The van der Waals surface area contributed by atoms with Crippen LogP contribution in [0.3, 0.4) is 0 Å². The number of hydrogen-bond donors (Lipinski definition) is 2. The second kappa shape index (κ2) is 7.60. The summed E-state index contributed by atoms with van der Waals surface area (Å²) in [5.41, 5.74) is 1.27. The molecule has 0 spiro atoms. The van der Waals surface area contributed by atoms with Crippen LogP contribution in [0.4, 0.5) is 0 Å². The molecule has 0 amide bonds. The van der Waals surface area contributed by atoms with Crippen LogP contribution < -0.4 is 10.6 Å². The number of nitrogens with one attached hydrogen (secondary N) is 2. The van der Waals surface area contributed by atoms with E-state index in [2.05, 4.69) is 21.7 Å². The third-order valence-corrected chi connectivity index (χ3v) is 2.88. The standard InChI is InChI=1S/C12H19N3.ClH/c1-3-11(7-13-5-1)9-15-10-12-4-2-6-14-8-12;/h1,3,5,7,12,14-15H,2,4,6,8-10H2;1H. The van der Waals surface area contributed by atoms with Crippen molar-refractivity contribution in [3.8, 4) is 0 Å². The normalized spacial score (nSPS) is 20.1. The Balaban J connectivity index is 0.00000128. The van der Waals surface area contributed by atoms with Gasteiger partial charge >= 0.3 is 0 Å². The fourth-order valence-electron chi connectivity index (χ4n) is 2.02. The number of pyridine rings is 1. The van der Waals surface area contributed by atoms with Crippen molar-refractivity contribution in [3.05, 3.63) is 30.1 Å². The Morgan fingerprint density at radius 1 is 1.50 bits per heavy atom. The number of halogens is 1. The largest absolute Gasteiger partial charge is 0.316 e. The van der Waals surface area contributed by atoms with Gasteiger partial charge in [-0.05, 0) is 50.0 Å². The summed E-state index contributed by atoms with van der Waals surface area (Å²) in [6.45, 7) is 4.41. The van der Waals surface area contributed by atoms with Crippen molar-refractivity contribution in [2.24, 2.45) is 5.92 Å². The first-order valence-electron chi connectivity index (χ1n) is 5.75. The van der Waals surface area contributed by atoms with Crippen molar-refractivity contribution in [1.82, 2.24) is 15.6 Å². The first-order chi connectivity index (χ1) is 7.45. The van der Waals surface area contributed by atoms with Crippen molar-refractivity contribution in [2.75, 3.05) is 19.6 Å². The third-order valence-electron chi connectivity index (χ3n) is 2.88. The van der Waals surface area contributed by atoms with Crippen LogP contribution in [0.25, 0.3) is 0 Å². The molecule has 1 atom stereocenters. The fraction of sp³-hybridized carbons (Fsp3) is 0.583. The molecule has 1 saturated heterocycles. The highest BCUT2D eigenvalue weighted by Gasteiger charge is 2.11. The molecule has 0 saturated carbocycles. The van der Waals surface area contributed by atoms with Crippen LogP contribution in [0.1, 0.15) is 18.4 Å². The predicted molar refractivity (Wildman–Crippen MR) is 68.8 cm³/mol. The molecule has 1 fully saturated rings. The third kappa shape index (κ3) is 4.47. The number of nitrogens with zero attached hydrogens (tertiary/aromatic N) is 1. The van der Waals surface area contributed by atoms with Crippen LogP contribution in [0.15, 0.2) is 24.5 Å². The lowest BCUT2D eigenvalue weighted by molar-refractivity contribution is 0.360. The minimum absolute atomic E-state index is 0. The first kappa shape index (κ1) is 13.4. The molecular weight excluding hydrogens is 222 g/mol. The van der Waals surface area contributed by atoms with Crippen molar-refractivity contribution in [1.29, 1.82) is 0 Å². The van der Waals surface area contributed by atoms with Gasteiger partial charge in [-0.1, -0.05) is 6.07 Å². The molecule has 16 heavy (non-hydrogen) atoms. The lowest BCUT2D eigenvalue weighted by Gasteiger charge is -2.22. The molecule has 2 rings (SSSR count). The maximum atomic E-state index is 4.10. The summed E-state index contributed by atoms with van der Waals surface area (Å²) in [5, 5.41) is 6.92. The monoisotopic (exact) mass is 241 g/mol. The maximum Gasteiger partial charge on any atom is 0.0312 e. The van der Waals surface area contributed by atoms with Gasteiger partial charge < -0.3 is 10.6 Å². The van der Waals surface area contributed by atoms with Gasteiger partial charge in [0.15, 0.2) is 0 Å². The van der Waals surface area contributed by atoms with Gasteiger partial charge in [0, 0.05) is 18.9 Å². The van der Waals surface area contributed by atoms with Gasteiger partial charge in [-0.15, -0.1) is 12.4 Å². The van der Waals surface area contributed by atoms with E-state index in [1.807, 2.05) is 18.5 Å². The summed E-state index contributed by atoms with van der Waals surface area (Å²) in [7, 11) is 0. The zero-order chi connectivity index (χ0) is 10.3. The van der Waals surface area contributed by atoms with Gasteiger partial charge in [0.1, 0.15) is 0 Å². The molecule has 0 bridgehead atoms. The Bertz CT molecular complexity index is 273. The minimum atomic E-state index is 0. The van der Waals surface area contributed by atoms with Crippen molar-refractivity contribution in [2.45, 2.75) is 19.4 Å². The Kier molecular flexibility index (Phi) is 6.38. The van der Waals surface area contributed by atoms with Crippen LogP contribution in [0, 0.1) is 5.92 Å². The second-order valence-corrected chi connectivity index (χ2v) is 4.20. The zero-order valence-corrected chi connectivity index (χ0v) is 10.3. The Morgan fingerprint density at radius 2 is 2.44 bits per heavy atom. The molecular formula is C12H20ClN3. The van der Waals surface area contributed by atoms with Gasteiger partial charge in [-0.3, -0.25) is 4.98 Å². The molecule has 1 aliphatic rings. The van der Waals surface area contributed by atoms with E-state index in [0.29, 0.717) is 0 Å². The second-order valence-electron chi connectivity index (χ2n) is 4.20. The highest BCUT2D eigenvalue weighted by Crippen LogP contribution is 2.08. The van der Waals surface area contributed by atoms with E-state index < -0.39 is 0 Å². The summed E-state index contributed by atoms with van der Waals surface area (Å²) in [6, 6.07) is 4.10. The smallest absolute Gasteiger partial charge is 0.0312 e. The molecule has 0 aromatic carbocycles. The van der Waals surface area contributed by atoms with Crippen molar-refractivity contribution < 1.29 is 0 Å². The molecule has 0 radical (unpaired) electrons. The highest BCUT2D eigenvalue weighted by atomic mass is 35.5. The average Bonchev–Trinajstić information content (AvgIpc) is 2.32. The molecule has 1 unspecified atom stereocenters. The topological polar surface area (TPSA) is 37.0 Å². The molecule has 3 nitrogen and oxygen atoms in total. The number of rotatable bonds is 4. The fourth-order valence-corrected chi connectivity index (χ4v) is 2.02. The van der Waals surface area contributed by atoms with E-state index in [1.54, 1.807) is 0 Å². The quantitative estimate of drug-likeness (QED) is 0.841. The number of aromatic nitrogens is 1. The lowest BCUT2D eigenvalue weighted by Crippen LogP contribution is -2.35. The average molecular weight is 242 g/mol. The van der Waals surface area contributed by atoms with E-state index in [-0.39, 0.29) is 12.4 Å². The molecule has 1 aromatic rings. The van der Waals surface area contributed by atoms with E-state index >= 15 is 0 Å². The van der Waals surface area contributed by atoms with Gasteiger partial charge in [-0.25, -0.2) is 0 Å². The highest BCUT2D eigenvalue weighted by molar-refractivity contribution is 5.85. The Morgan fingerprint density at radius 3 is 3.12 bits per heavy atom. The van der Waals surface area contributed by atoms with Gasteiger partial charge in [-0.2, -0.15) is 0 Å². The molecule has 2 N–H and O–H groups in total. The molecule has 2 heterocycles. The van der Waals surface area contributed by atoms with Gasteiger partial charge in [0.25, 0.3) is 0 Å². The van der Waals surface area contributed by atoms with Crippen LogP contribution >= 0.6 is 12.4 Å². The summed E-state index contributed by atoms with van der Waals surface area (Å²) < 4.78 is 0. The van der Waals surface area contributed by atoms with Crippen LogP contribution in [0.2, 0.25) is 0 Å². The SMILES string of the molecule is Cl.c1cncc(CNCC2CCCNC2)c1. The van der Waals surface area contributed by atoms with Crippen molar-refractivity contribution in [3.63, 3.8) is 0 Å². The molecule has 4 heteroatoms. The summed E-state index contributed by atoms with van der Waals surface area (Å²) >= 11 is 0. The van der Waals surface area contributed by atoms with Gasteiger partial charge in [0.05, 0.1) is 0 Å². The molecule has 1 aromatic heterocycles. The Hall–Kier alpha value is -0.640. The number of hydrogen-bond acceptors (Lipinski definition) is 3.